The van der Waals surface area contributed by atoms with Crippen molar-refractivity contribution >= 4 is 17.2 Å². The van der Waals surface area contributed by atoms with Crippen LogP contribution in [-0.2, 0) is 13.1 Å². The van der Waals surface area contributed by atoms with Gasteiger partial charge in [0.05, 0.1) is 5.56 Å². The zero-order valence-corrected chi connectivity index (χ0v) is 10.8. The Morgan fingerprint density at radius 2 is 2.00 bits per heavy atom. The van der Waals surface area contributed by atoms with Gasteiger partial charge in [0.25, 0.3) is 0 Å². The van der Waals surface area contributed by atoms with Crippen LogP contribution in [-0.4, -0.2) is 5.91 Å². The average molecular weight is 282 g/mol. The highest BCUT2D eigenvalue weighted by atomic mass is 32.1. The monoisotopic (exact) mass is 282 g/mol. The van der Waals surface area contributed by atoms with Gasteiger partial charge >= 0.3 is 0 Å². The number of carbonyl (C=O) groups excluding carboxylic acids is 1. The SMILES string of the molecule is NC(=O)c1csc(CNCc2ccc(F)c(F)c2)c1. The molecule has 1 aromatic carbocycles. The number of hydrogen-bond donors (Lipinski definition) is 2. The highest BCUT2D eigenvalue weighted by molar-refractivity contribution is 7.10. The Kier molecular flexibility index (Phi) is 4.24. The van der Waals surface area contributed by atoms with E-state index in [4.69, 9.17) is 5.73 Å². The Morgan fingerprint density at radius 3 is 2.63 bits per heavy atom. The van der Waals surface area contributed by atoms with Crippen LogP contribution in [0.5, 0.6) is 0 Å². The molecule has 3 nitrogen and oxygen atoms in total. The Bertz CT molecular complexity index is 598. The molecule has 0 aliphatic carbocycles. The van der Waals surface area contributed by atoms with Crippen LogP contribution in [0.2, 0.25) is 0 Å². The van der Waals surface area contributed by atoms with Crippen molar-refractivity contribution in [2.24, 2.45) is 5.73 Å². The summed E-state index contributed by atoms with van der Waals surface area (Å²) in [5.74, 6) is -2.16. The number of rotatable bonds is 5. The minimum absolute atomic E-state index is 0.418. The summed E-state index contributed by atoms with van der Waals surface area (Å²) in [6, 6.07) is 5.49. The Labute approximate surface area is 113 Å². The fraction of sp³-hybridized carbons (Fsp3) is 0.154. The highest BCUT2D eigenvalue weighted by Gasteiger charge is 2.05. The van der Waals surface area contributed by atoms with E-state index in [1.54, 1.807) is 11.4 Å². The second-order valence-electron chi connectivity index (χ2n) is 4.02. The summed E-state index contributed by atoms with van der Waals surface area (Å²) in [5, 5.41) is 4.78. The second kappa shape index (κ2) is 5.90. The van der Waals surface area contributed by atoms with Gasteiger partial charge in [0.2, 0.25) is 5.91 Å². The third-order valence-electron chi connectivity index (χ3n) is 2.55. The molecule has 0 fully saturated rings. The van der Waals surface area contributed by atoms with Crippen molar-refractivity contribution in [1.82, 2.24) is 5.32 Å². The van der Waals surface area contributed by atoms with Gasteiger partial charge in [-0.25, -0.2) is 8.78 Å². The molecule has 0 aliphatic heterocycles. The molecule has 0 unspecified atom stereocenters. The van der Waals surface area contributed by atoms with Crippen molar-refractivity contribution < 1.29 is 13.6 Å². The van der Waals surface area contributed by atoms with Crippen molar-refractivity contribution in [3.63, 3.8) is 0 Å². The number of hydrogen-bond acceptors (Lipinski definition) is 3. The lowest BCUT2D eigenvalue weighted by Gasteiger charge is -2.04. The minimum atomic E-state index is -0.855. The summed E-state index contributed by atoms with van der Waals surface area (Å²) < 4.78 is 25.7. The normalized spacial score (nSPS) is 10.6. The van der Waals surface area contributed by atoms with Gasteiger partial charge in [-0.1, -0.05) is 6.07 Å². The van der Waals surface area contributed by atoms with Gasteiger partial charge in [0, 0.05) is 23.3 Å². The standard InChI is InChI=1S/C13H12F2N2OS/c14-11-2-1-8(3-12(11)15)5-17-6-10-4-9(7-19-10)13(16)18/h1-4,7,17H,5-6H2,(H2,16,18). The number of nitrogens with two attached hydrogens (primary N) is 1. The van der Waals surface area contributed by atoms with E-state index in [0.717, 1.165) is 17.0 Å². The second-order valence-corrected chi connectivity index (χ2v) is 5.01. The van der Waals surface area contributed by atoms with Crippen molar-refractivity contribution in [2.75, 3.05) is 0 Å². The maximum atomic E-state index is 13.0. The maximum Gasteiger partial charge on any atom is 0.249 e. The number of amides is 1. The van der Waals surface area contributed by atoms with Crippen LogP contribution in [0.3, 0.4) is 0 Å². The molecule has 0 radical (unpaired) electrons. The third kappa shape index (κ3) is 3.59. The third-order valence-corrected chi connectivity index (χ3v) is 3.49. The summed E-state index contributed by atoms with van der Waals surface area (Å²) in [7, 11) is 0. The smallest absolute Gasteiger partial charge is 0.249 e. The van der Waals surface area contributed by atoms with E-state index < -0.39 is 17.5 Å². The molecule has 2 aromatic rings. The molecule has 19 heavy (non-hydrogen) atoms. The lowest BCUT2D eigenvalue weighted by molar-refractivity contribution is 0.100. The summed E-state index contributed by atoms with van der Waals surface area (Å²) >= 11 is 1.42. The molecule has 2 rings (SSSR count). The predicted molar refractivity (Wildman–Crippen MR) is 69.7 cm³/mol. The highest BCUT2D eigenvalue weighted by Crippen LogP contribution is 2.14. The van der Waals surface area contributed by atoms with E-state index in [1.807, 2.05) is 0 Å². The molecule has 6 heteroatoms. The molecule has 0 aliphatic rings. The van der Waals surface area contributed by atoms with Gasteiger partial charge in [0.1, 0.15) is 0 Å². The quantitative estimate of drug-likeness (QED) is 0.885. The zero-order chi connectivity index (χ0) is 13.8. The van der Waals surface area contributed by atoms with Crippen LogP contribution in [0.4, 0.5) is 8.78 Å². The molecule has 0 spiro atoms. The first-order chi connectivity index (χ1) is 9.06. The first-order valence-electron chi connectivity index (χ1n) is 5.58. The van der Waals surface area contributed by atoms with E-state index in [1.165, 1.54) is 17.4 Å². The topological polar surface area (TPSA) is 55.1 Å². The van der Waals surface area contributed by atoms with E-state index in [2.05, 4.69) is 5.32 Å². The van der Waals surface area contributed by atoms with Crippen LogP contribution in [0.1, 0.15) is 20.8 Å². The molecule has 0 atom stereocenters. The van der Waals surface area contributed by atoms with Gasteiger partial charge in [-0.15, -0.1) is 11.3 Å². The molecule has 3 N–H and O–H groups in total. The van der Waals surface area contributed by atoms with Gasteiger partial charge in [-0.05, 0) is 23.8 Å². The minimum Gasteiger partial charge on any atom is -0.366 e. The maximum absolute atomic E-state index is 13.0. The van der Waals surface area contributed by atoms with Crippen LogP contribution in [0.15, 0.2) is 29.6 Å². The van der Waals surface area contributed by atoms with Crippen LogP contribution in [0, 0.1) is 11.6 Å². The molecule has 1 heterocycles. The molecule has 1 amide bonds. The van der Waals surface area contributed by atoms with Crippen molar-refractivity contribution in [2.45, 2.75) is 13.1 Å². The molecule has 100 valence electrons. The van der Waals surface area contributed by atoms with Crippen molar-refractivity contribution in [3.8, 4) is 0 Å². The van der Waals surface area contributed by atoms with Crippen molar-refractivity contribution in [1.29, 1.82) is 0 Å². The lowest BCUT2D eigenvalue weighted by Crippen LogP contribution is -2.12. The number of benzene rings is 1. The first-order valence-corrected chi connectivity index (χ1v) is 6.46. The fourth-order valence-electron chi connectivity index (χ4n) is 1.58. The number of thiophene rings is 1. The van der Waals surface area contributed by atoms with E-state index in [0.29, 0.717) is 24.2 Å². The zero-order valence-electron chi connectivity index (χ0n) is 9.95. The molecule has 0 bridgehead atoms. The largest absolute Gasteiger partial charge is 0.366 e. The van der Waals surface area contributed by atoms with Gasteiger partial charge in [-0.3, -0.25) is 4.79 Å². The molecular weight excluding hydrogens is 270 g/mol. The number of primary amides is 1. The predicted octanol–water partition coefficient (Wildman–Crippen LogP) is 2.42. The Hall–Kier alpha value is -1.79. The summed E-state index contributed by atoms with van der Waals surface area (Å²) in [6.45, 7) is 0.956. The first kappa shape index (κ1) is 13.6. The van der Waals surface area contributed by atoms with Crippen molar-refractivity contribution in [3.05, 3.63) is 57.3 Å². The summed E-state index contributed by atoms with van der Waals surface area (Å²) in [6.07, 6.45) is 0. The Balaban J connectivity index is 1.88. The van der Waals surface area contributed by atoms with E-state index in [-0.39, 0.29) is 0 Å². The molecule has 1 aromatic heterocycles. The van der Waals surface area contributed by atoms with E-state index >= 15 is 0 Å². The van der Waals surface area contributed by atoms with Gasteiger partial charge < -0.3 is 11.1 Å². The van der Waals surface area contributed by atoms with Gasteiger partial charge in [-0.2, -0.15) is 0 Å². The van der Waals surface area contributed by atoms with Crippen LogP contribution < -0.4 is 11.1 Å². The molecular formula is C13H12F2N2OS. The Morgan fingerprint density at radius 1 is 1.21 bits per heavy atom. The van der Waals surface area contributed by atoms with Crippen LogP contribution >= 0.6 is 11.3 Å². The fourth-order valence-corrected chi connectivity index (χ4v) is 2.43. The molecule has 0 saturated heterocycles. The molecule has 0 saturated carbocycles. The average Bonchev–Trinajstić information content (AvgIpc) is 2.83. The number of nitrogens with one attached hydrogen (secondary N) is 1. The summed E-state index contributed by atoms with van der Waals surface area (Å²) in [4.78, 5) is 11.9. The summed E-state index contributed by atoms with van der Waals surface area (Å²) in [5.41, 5.74) is 6.29. The number of halogens is 2. The number of carbonyl (C=O) groups is 1. The lowest BCUT2D eigenvalue weighted by atomic mass is 10.2. The van der Waals surface area contributed by atoms with Crippen LogP contribution in [0.25, 0.3) is 0 Å². The van der Waals surface area contributed by atoms with Gasteiger partial charge in [0.15, 0.2) is 11.6 Å². The van der Waals surface area contributed by atoms with E-state index in [9.17, 15) is 13.6 Å².